The van der Waals surface area contributed by atoms with Gasteiger partial charge in [-0.2, -0.15) is 0 Å². The minimum absolute atomic E-state index is 0.0155. The fourth-order valence-corrected chi connectivity index (χ4v) is 3.25. The third kappa shape index (κ3) is 3.08. The lowest BCUT2D eigenvalue weighted by Gasteiger charge is -2.21. The van der Waals surface area contributed by atoms with Gasteiger partial charge in [0, 0.05) is 0 Å². The van der Waals surface area contributed by atoms with Gasteiger partial charge in [-0.25, -0.2) is 18.6 Å². The molecule has 0 saturated carbocycles. The van der Waals surface area contributed by atoms with Crippen molar-refractivity contribution in [3.63, 3.8) is 0 Å². The predicted molar refractivity (Wildman–Crippen MR) is 52.3 cm³/mol. The summed E-state index contributed by atoms with van der Waals surface area (Å²) < 4.78 is 22.9. The zero-order valence-corrected chi connectivity index (χ0v) is 8.84. The van der Waals surface area contributed by atoms with Crippen LogP contribution in [0.3, 0.4) is 0 Å². The molecule has 1 unspecified atom stereocenters. The Labute approximate surface area is 87.3 Å². The van der Waals surface area contributed by atoms with Gasteiger partial charge in [0.05, 0.1) is 5.75 Å². The van der Waals surface area contributed by atoms with Gasteiger partial charge in [-0.05, 0) is 12.8 Å². The number of carbonyl (C=O) groups excluding carboxylic acids is 2. The number of nitrogens with one attached hydrogen (secondary N) is 2. The Morgan fingerprint density at radius 2 is 1.87 bits per heavy atom. The van der Waals surface area contributed by atoms with Crippen LogP contribution in [0.2, 0.25) is 0 Å². The van der Waals surface area contributed by atoms with E-state index in [1.807, 2.05) is 10.9 Å². The molecule has 1 atom stereocenters. The molecular weight excluding hydrogens is 222 g/mol. The fraction of sp³-hybridized carbons (Fsp3) is 0.714. The van der Waals surface area contributed by atoms with E-state index in [1.165, 1.54) is 0 Å². The van der Waals surface area contributed by atoms with Crippen LogP contribution in [-0.2, 0) is 14.6 Å². The van der Waals surface area contributed by atoms with Crippen LogP contribution in [0.4, 0.5) is 4.79 Å². The molecule has 1 aliphatic rings. The van der Waals surface area contributed by atoms with Gasteiger partial charge in [0.1, 0.15) is 5.25 Å². The highest BCUT2D eigenvalue weighted by Crippen LogP contribution is 2.19. The van der Waals surface area contributed by atoms with Crippen LogP contribution < -0.4 is 16.6 Å². The van der Waals surface area contributed by atoms with Crippen molar-refractivity contribution in [3.05, 3.63) is 0 Å². The van der Waals surface area contributed by atoms with E-state index in [0.29, 0.717) is 12.8 Å². The topological polar surface area (TPSA) is 118 Å². The Morgan fingerprint density at radius 3 is 2.40 bits per heavy atom. The highest BCUT2D eigenvalue weighted by molar-refractivity contribution is 7.92. The summed E-state index contributed by atoms with van der Waals surface area (Å²) in [5, 5.41) is -1.07. The second-order valence-corrected chi connectivity index (χ2v) is 5.63. The summed E-state index contributed by atoms with van der Waals surface area (Å²) in [6, 6.07) is -0.934. The molecule has 0 aromatic carbocycles. The van der Waals surface area contributed by atoms with E-state index >= 15 is 0 Å². The second-order valence-electron chi connectivity index (χ2n) is 3.33. The summed E-state index contributed by atoms with van der Waals surface area (Å²) in [5.74, 6) is -0.713. The molecule has 1 saturated heterocycles. The summed E-state index contributed by atoms with van der Waals surface area (Å²) in [6.45, 7) is 0. The lowest BCUT2D eigenvalue weighted by atomic mass is 10.2. The number of carbonyl (C=O) groups is 2. The molecule has 0 spiro atoms. The summed E-state index contributed by atoms with van der Waals surface area (Å²) in [5.41, 5.74) is 8.54. The Kier molecular flexibility index (Phi) is 3.51. The van der Waals surface area contributed by atoms with E-state index < -0.39 is 27.0 Å². The van der Waals surface area contributed by atoms with Gasteiger partial charge in [0.2, 0.25) is 0 Å². The van der Waals surface area contributed by atoms with Crippen molar-refractivity contribution in [2.75, 3.05) is 5.75 Å². The van der Waals surface area contributed by atoms with Crippen molar-refractivity contribution in [3.8, 4) is 0 Å². The van der Waals surface area contributed by atoms with Gasteiger partial charge in [-0.3, -0.25) is 10.2 Å². The van der Waals surface area contributed by atoms with E-state index in [9.17, 15) is 18.0 Å². The molecule has 1 rings (SSSR count). The molecule has 0 aromatic heterocycles. The maximum atomic E-state index is 11.5. The van der Waals surface area contributed by atoms with Gasteiger partial charge in [0.15, 0.2) is 9.84 Å². The van der Waals surface area contributed by atoms with E-state index in [-0.39, 0.29) is 12.2 Å². The van der Waals surface area contributed by atoms with Crippen molar-refractivity contribution in [1.29, 1.82) is 0 Å². The van der Waals surface area contributed by atoms with Crippen LogP contribution in [0.5, 0.6) is 0 Å². The number of hydrogen-bond acceptors (Lipinski definition) is 4. The number of urea groups is 1. The summed E-state index contributed by atoms with van der Waals surface area (Å²) in [7, 11) is -3.37. The normalized spacial score (nSPS) is 24.1. The highest BCUT2D eigenvalue weighted by atomic mass is 32.2. The molecule has 86 valence electrons. The Balaban J connectivity index is 2.61. The Hall–Kier alpha value is -1.31. The maximum Gasteiger partial charge on any atom is 0.330 e. The number of amides is 3. The lowest BCUT2D eigenvalue weighted by Crippen LogP contribution is -2.51. The monoisotopic (exact) mass is 235 g/mol. The zero-order valence-electron chi connectivity index (χ0n) is 8.02. The van der Waals surface area contributed by atoms with Gasteiger partial charge in [0.25, 0.3) is 5.91 Å². The Bertz CT molecular complexity index is 364. The van der Waals surface area contributed by atoms with E-state index in [4.69, 9.17) is 5.73 Å². The van der Waals surface area contributed by atoms with Crippen LogP contribution in [0.25, 0.3) is 0 Å². The van der Waals surface area contributed by atoms with E-state index in [1.54, 1.807) is 0 Å². The Morgan fingerprint density at radius 1 is 1.20 bits per heavy atom. The SMILES string of the molecule is NC(=O)NNC(=O)C1CCCCS1(=O)=O. The summed E-state index contributed by atoms with van der Waals surface area (Å²) in [6.07, 6.45) is 1.55. The first-order valence-corrected chi connectivity index (χ1v) is 6.22. The molecule has 0 radical (unpaired) electrons. The minimum Gasteiger partial charge on any atom is -0.350 e. The molecule has 4 N–H and O–H groups in total. The van der Waals surface area contributed by atoms with E-state index in [2.05, 4.69) is 0 Å². The van der Waals surface area contributed by atoms with Crippen molar-refractivity contribution in [1.82, 2.24) is 10.9 Å². The van der Waals surface area contributed by atoms with Crippen molar-refractivity contribution >= 4 is 21.8 Å². The van der Waals surface area contributed by atoms with Crippen LogP contribution in [0.15, 0.2) is 0 Å². The molecule has 15 heavy (non-hydrogen) atoms. The van der Waals surface area contributed by atoms with Crippen LogP contribution in [0, 0.1) is 0 Å². The second kappa shape index (κ2) is 4.47. The van der Waals surface area contributed by atoms with Gasteiger partial charge < -0.3 is 5.73 Å². The number of primary amides is 1. The number of hydrazine groups is 1. The smallest absolute Gasteiger partial charge is 0.330 e. The molecule has 1 aliphatic heterocycles. The van der Waals surface area contributed by atoms with Crippen molar-refractivity contribution in [2.24, 2.45) is 5.73 Å². The number of sulfone groups is 1. The molecule has 7 nitrogen and oxygen atoms in total. The number of nitrogens with two attached hydrogens (primary N) is 1. The molecule has 1 fully saturated rings. The van der Waals surface area contributed by atoms with Crippen LogP contribution in [-0.4, -0.2) is 31.4 Å². The van der Waals surface area contributed by atoms with E-state index in [0.717, 1.165) is 0 Å². The third-order valence-electron chi connectivity index (χ3n) is 2.18. The quantitative estimate of drug-likeness (QED) is 0.487. The van der Waals surface area contributed by atoms with Crippen molar-refractivity contribution < 1.29 is 18.0 Å². The van der Waals surface area contributed by atoms with Gasteiger partial charge in [-0.1, -0.05) is 6.42 Å². The fourth-order valence-electron chi connectivity index (χ4n) is 1.45. The molecule has 0 aromatic rings. The average molecular weight is 235 g/mol. The minimum atomic E-state index is -3.37. The van der Waals surface area contributed by atoms with Crippen LogP contribution >= 0.6 is 0 Å². The molecule has 3 amide bonds. The molecule has 0 bridgehead atoms. The molecule has 1 heterocycles. The number of hydrogen-bond donors (Lipinski definition) is 3. The molecule has 8 heteroatoms. The largest absolute Gasteiger partial charge is 0.350 e. The third-order valence-corrected chi connectivity index (χ3v) is 4.35. The first-order chi connectivity index (χ1) is 6.93. The highest BCUT2D eigenvalue weighted by Gasteiger charge is 2.34. The van der Waals surface area contributed by atoms with Crippen LogP contribution in [0.1, 0.15) is 19.3 Å². The van der Waals surface area contributed by atoms with Gasteiger partial charge >= 0.3 is 6.03 Å². The maximum absolute atomic E-state index is 11.5. The summed E-state index contributed by atoms with van der Waals surface area (Å²) >= 11 is 0. The zero-order chi connectivity index (χ0) is 11.5. The molecular formula is C7H13N3O4S. The number of rotatable bonds is 1. The predicted octanol–water partition coefficient (Wildman–Crippen LogP) is -1.35. The lowest BCUT2D eigenvalue weighted by molar-refractivity contribution is -0.121. The first kappa shape index (κ1) is 11.8. The summed E-state index contributed by atoms with van der Waals surface area (Å²) in [4.78, 5) is 21.7. The standard InChI is InChI=1S/C7H13N3O4S/c8-7(12)10-9-6(11)5-3-1-2-4-15(5,13)14/h5H,1-4H2,(H,9,11)(H3,8,10,12). The van der Waals surface area contributed by atoms with Gasteiger partial charge in [-0.15, -0.1) is 0 Å². The first-order valence-electron chi connectivity index (χ1n) is 4.50. The van der Waals surface area contributed by atoms with Crippen molar-refractivity contribution in [2.45, 2.75) is 24.5 Å². The molecule has 0 aliphatic carbocycles. The average Bonchev–Trinajstić information content (AvgIpc) is 2.13.